The van der Waals surface area contributed by atoms with Gasteiger partial charge in [-0.1, -0.05) is 125 Å². The lowest BCUT2D eigenvalue weighted by Gasteiger charge is -2.20. The SMILES string of the molecule is CCCCCCCCCCC(CCCCCCCC)CC(=O)OCC(C)(C)C. The van der Waals surface area contributed by atoms with Crippen LogP contribution in [0.3, 0.4) is 0 Å². The molecule has 0 aliphatic rings. The van der Waals surface area contributed by atoms with E-state index in [1.54, 1.807) is 0 Å². The third-order valence-corrected chi connectivity index (χ3v) is 5.55. The van der Waals surface area contributed by atoms with Gasteiger partial charge in [0.05, 0.1) is 6.61 Å². The summed E-state index contributed by atoms with van der Waals surface area (Å²) in [7, 11) is 0. The number of ether oxygens (including phenoxy) is 1. The van der Waals surface area contributed by atoms with Gasteiger partial charge < -0.3 is 4.74 Å². The van der Waals surface area contributed by atoms with Gasteiger partial charge in [-0.2, -0.15) is 0 Å². The van der Waals surface area contributed by atoms with Crippen LogP contribution in [0.5, 0.6) is 0 Å². The highest BCUT2D eigenvalue weighted by Gasteiger charge is 2.18. The lowest BCUT2D eigenvalue weighted by molar-refractivity contribution is -0.147. The number of carbonyl (C=O) groups excluding carboxylic acids is 1. The van der Waals surface area contributed by atoms with E-state index in [0.29, 0.717) is 18.9 Å². The summed E-state index contributed by atoms with van der Waals surface area (Å²) in [5, 5.41) is 0. The summed E-state index contributed by atoms with van der Waals surface area (Å²) in [6.45, 7) is 11.4. The Hall–Kier alpha value is -0.530. The van der Waals surface area contributed by atoms with Crippen molar-refractivity contribution in [3.8, 4) is 0 Å². The maximum Gasteiger partial charge on any atom is 0.306 e. The molecule has 168 valence electrons. The van der Waals surface area contributed by atoms with E-state index in [1.807, 2.05) is 0 Å². The van der Waals surface area contributed by atoms with Crippen molar-refractivity contribution >= 4 is 5.97 Å². The molecule has 1 unspecified atom stereocenters. The van der Waals surface area contributed by atoms with Crippen LogP contribution in [0.25, 0.3) is 0 Å². The Bertz CT molecular complexity index is 343. The molecule has 0 aromatic rings. The molecule has 0 aliphatic carbocycles. The molecule has 2 heteroatoms. The summed E-state index contributed by atoms with van der Waals surface area (Å²) < 4.78 is 5.54. The van der Waals surface area contributed by atoms with Crippen molar-refractivity contribution in [1.82, 2.24) is 0 Å². The molecule has 0 N–H and O–H groups in total. The predicted octanol–water partition coefficient (Wildman–Crippen LogP) is 8.86. The van der Waals surface area contributed by atoms with Crippen molar-refractivity contribution in [2.24, 2.45) is 11.3 Å². The van der Waals surface area contributed by atoms with Gasteiger partial charge in [0.25, 0.3) is 0 Å². The maximum absolute atomic E-state index is 12.3. The molecular formula is C26H52O2. The molecule has 0 rings (SSSR count). The van der Waals surface area contributed by atoms with Gasteiger partial charge in [-0.15, -0.1) is 0 Å². The topological polar surface area (TPSA) is 26.3 Å². The fourth-order valence-corrected chi connectivity index (χ4v) is 3.72. The molecule has 28 heavy (non-hydrogen) atoms. The smallest absolute Gasteiger partial charge is 0.306 e. The molecule has 0 aliphatic heterocycles. The molecule has 1 atom stereocenters. The fraction of sp³-hybridized carbons (Fsp3) is 0.962. The number of hydrogen-bond donors (Lipinski definition) is 0. The van der Waals surface area contributed by atoms with E-state index in [0.717, 1.165) is 0 Å². The number of carbonyl (C=O) groups is 1. The van der Waals surface area contributed by atoms with E-state index in [-0.39, 0.29) is 11.4 Å². The predicted molar refractivity (Wildman–Crippen MR) is 124 cm³/mol. The minimum Gasteiger partial charge on any atom is -0.465 e. The lowest BCUT2D eigenvalue weighted by Crippen LogP contribution is -2.20. The monoisotopic (exact) mass is 396 g/mol. The Balaban J connectivity index is 4.08. The average Bonchev–Trinajstić information content (AvgIpc) is 2.64. The van der Waals surface area contributed by atoms with Crippen molar-refractivity contribution in [3.05, 3.63) is 0 Å². The zero-order valence-corrected chi connectivity index (χ0v) is 20.1. The molecule has 0 spiro atoms. The van der Waals surface area contributed by atoms with Crippen LogP contribution in [-0.4, -0.2) is 12.6 Å². The zero-order chi connectivity index (χ0) is 21.1. The van der Waals surface area contributed by atoms with Crippen LogP contribution in [0.2, 0.25) is 0 Å². The summed E-state index contributed by atoms with van der Waals surface area (Å²) >= 11 is 0. The van der Waals surface area contributed by atoms with Crippen LogP contribution in [0, 0.1) is 11.3 Å². The molecule has 0 aromatic carbocycles. The molecule has 2 nitrogen and oxygen atoms in total. The standard InChI is InChI=1S/C26H52O2/c1-6-8-10-12-14-15-17-19-21-24(20-18-16-13-11-9-7-2)22-25(27)28-23-26(3,4)5/h24H,6-23H2,1-5H3. The first-order chi connectivity index (χ1) is 13.4. The van der Waals surface area contributed by atoms with Gasteiger partial charge in [0.1, 0.15) is 0 Å². The quantitative estimate of drug-likeness (QED) is 0.161. The van der Waals surface area contributed by atoms with Gasteiger partial charge in [0, 0.05) is 6.42 Å². The maximum atomic E-state index is 12.3. The van der Waals surface area contributed by atoms with Crippen LogP contribution >= 0.6 is 0 Å². The average molecular weight is 397 g/mol. The third kappa shape index (κ3) is 20.2. The van der Waals surface area contributed by atoms with E-state index in [4.69, 9.17) is 4.74 Å². The van der Waals surface area contributed by atoms with Gasteiger partial charge in [-0.25, -0.2) is 0 Å². The Kier molecular flexibility index (Phi) is 18.1. The summed E-state index contributed by atoms with van der Waals surface area (Å²) in [5.74, 6) is 0.546. The fourth-order valence-electron chi connectivity index (χ4n) is 3.72. The highest BCUT2D eigenvalue weighted by Crippen LogP contribution is 2.23. The van der Waals surface area contributed by atoms with E-state index in [9.17, 15) is 4.79 Å². The summed E-state index contributed by atoms with van der Waals surface area (Å²) in [6.07, 6.45) is 21.9. The van der Waals surface area contributed by atoms with E-state index in [2.05, 4.69) is 34.6 Å². The summed E-state index contributed by atoms with van der Waals surface area (Å²) in [6, 6.07) is 0. The molecule has 0 heterocycles. The van der Waals surface area contributed by atoms with Crippen LogP contribution in [0.4, 0.5) is 0 Å². The first-order valence-electron chi connectivity index (χ1n) is 12.5. The van der Waals surface area contributed by atoms with Gasteiger partial charge in [-0.05, 0) is 24.2 Å². The molecule has 0 saturated heterocycles. The van der Waals surface area contributed by atoms with Crippen molar-refractivity contribution in [2.45, 2.75) is 144 Å². The second-order valence-corrected chi connectivity index (χ2v) is 10.1. The Morgan fingerprint density at radius 1 is 0.679 bits per heavy atom. The van der Waals surface area contributed by atoms with Crippen LogP contribution in [0.15, 0.2) is 0 Å². The lowest BCUT2D eigenvalue weighted by atomic mass is 9.91. The van der Waals surface area contributed by atoms with Crippen molar-refractivity contribution in [3.63, 3.8) is 0 Å². The van der Waals surface area contributed by atoms with Crippen LogP contribution in [-0.2, 0) is 9.53 Å². The van der Waals surface area contributed by atoms with Crippen molar-refractivity contribution < 1.29 is 9.53 Å². The second-order valence-electron chi connectivity index (χ2n) is 10.1. The van der Waals surface area contributed by atoms with E-state index in [1.165, 1.54) is 103 Å². The van der Waals surface area contributed by atoms with Gasteiger partial charge in [0.15, 0.2) is 0 Å². The number of esters is 1. The Morgan fingerprint density at radius 3 is 1.46 bits per heavy atom. The number of rotatable bonds is 19. The highest BCUT2D eigenvalue weighted by molar-refractivity contribution is 5.69. The summed E-state index contributed by atoms with van der Waals surface area (Å²) in [4.78, 5) is 12.3. The molecule has 0 radical (unpaired) electrons. The normalized spacial score (nSPS) is 12.9. The van der Waals surface area contributed by atoms with Crippen LogP contribution in [0.1, 0.15) is 144 Å². The third-order valence-electron chi connectivity index (χ3n) is 5.55. The van der Waals surface area contributed by atoms with Gasteiger partial charge in [-0.3, -0.25) is 4.79 Å². The second kappa shape index (κ2) is 18.5. The Labute approximate surface area is 177 Å². The summed E-state index contributed by atoms with van der Waals surface area (Å²) in [5.41, 5.74) is 0.0577. The minimum atomic E-state index is 0.0190. The van der Waals surface area contributed by atoms with E-state index >= 15 is 0 Å². The van der Waals surface area contributed by atoms with Gasteiger partial charge in [0.2, 0.25) is 0 Å². The number of unbranched alkanes of at least 4 members (excludes halogenated alkanes) is 12. The Morgan fingerprint density at radius 2 is 1.07 bits per heavy atom. The highest BCUT2D eigenvalue weighted by atomic mass is 16.5. The number of hydrogen-bond acceptors (Lipinski definition) is 2. The molecule has 0 saturated carbocycles. The van der Waals surface area contributed by atoms with Gasteiger partial charge >= 0.3 is 5.97 Å². The van der Waals surface area contributed by atoms with Crippen molar-refractivity contribution in [2.75, 3.05) is 6.61 Å². The minimum absolute atomic E-state index is 0.0190. The molecule has 0 amide bonds. The largest absolute Gasteiger partial charge is 0.465 e. The first kappa shape index (κ1) is 27.5. The van der Waals surface area contributed by atoms with E-state index < -0.39 is 0 Å². The molecule has 0 fully saturated rings. The van der Waals surface area contributed by atoms with Crippen LogP contribution < -0.4 is 0 Å². The molecule has 0 bridgehead atoms. The molecular weight excluding hydrogens is 344 g/mol. The van der Waals surface area contributed by atoms with Crippen molar-refractivity contribution in [1.29, 1.82) is 0 Å². The first-order valence-corrected chi connectivity index (χ1v) is 12.5. The zero-order valence-electron chi connectivity index (χ0n) is 20.1. The molecule has 0 aromatic heterocycles.